The summed E-state index contributed by atoms with van der Waals surface area (Å²) < 4.78 is 18.6. The quantitative estimate of drug-likeness (QED) is 0.785. The Balaban J connectivity index is 2.32. The van der Waals surface area contributed by atoms with Crippen molar-refractivity contribution in [3.05, 3.63) is 34.1 Å². The van der Waals surface area contributed by atoms with E-state index in [2.05, 4.69) is 21.2 Å². The molecule has 0 radical (unpaired) electrons. The van der Waals surface area contributed by atoms with E-state index >= 15 is 0 Å². The second-order valence-corrected chi connectivity index (χ2v) is 4.70. The fraction of sp³-hybridized carbons (Fsp3) is 0.462. The topological polar surface area (TPSA) is 38.3 Å². The Hall–Kier alpha value is -0.940. The highest BCUT2D eigenvalue weighted by Crippen LogP contribution is 2.17. The van der Waals surface area contributed by atoms with Crippen LogP contribution in [0.4, 0.5) is 4.39 Å². The minimum absolute atomic E-state index is 0.211. The van der Waals surface area contributed by atoms with Crippen molar-refractivity contribution in [2.45, 2.75) is 19.8 Å². The van der Waals surface area contributed by atoms with E-state index in [1.165, 1.54) is 18.2 Å². The molecule has 0 spiro atoms. The summed E-state index contributed by atoms with van der Waals surface area (Å²) in [6, 6.07) is 4.01. The number of benzene rings is 1. The van der Waals surface area contributed by atoms with Crippen molar-refractivity contribution in [1.82, 2.24) is 5.32 Å². The predicted molar refractivity (Wildman–Crippen MR) is 72.2 cm³/mol. The number of amides is 1. The second-order valence-electron chi connectivity index (χ2n) is 3.85. The second kappa shape index (κ2) is 8.21. The molecular formula is C13H17BrFNO2. The fourth-order valence-electron chi connectivity index (χ4n) is 1.39. The molecule has 0 aliphatic heterocycles. The van der Waals surface area contributed by atoms with Gasteiger partial charge in [-0.15, -0.1) is 0 Å². The molecule has 0 aliphatic rings. The van der Waals surface area contributed by atoms with Crippen LogP contribution in [0.25, 0.3) is 0 Å². The highest BCUT2D eigenvalue weighted by molar-refractivity contribution is 9.10. The molecule has 0 fully saturated rings. The third-order valence-electron chi connectivity index (χ3n) is 2.28. The van der Waals surface area contributed by atoms with Crippen LogP contribution in [0.15, 0.2) is 22.7 Å². The normalized spacial score (nSPS) is 10.4. The summed E-state index contributed by atoms with van der Waals surface area (Å²) in [6.07, 6.45) is 1.76. The van der Waals surface area contributed by atoms with Crippen molar-refractivity contribution < 1.29 is 13.9 Å². The molecule has 1 rings (SSSR count). The van der Waals surface area contributed by atoms with Gasteiger partial charge in [0.15, 0.2) is 0 Å². The number of hydrogen-bond acceptors (Lipinski definition) is 2. The fourth-order valence-corrected chi connectivity index (χ4v) is 1.92. The van der Waals surface area contributed by atoms with Gasteiger partial charge in [-0.05, 0) is 47.0 Å². The van der Waals surface area contributed by atoms with Crippen LogP contribution >= 0.6 is 15.9 Å². The summed E-state index contributed by atoms with van der Waals surface area (Å²) in [5.41, 5.74) is 0.436. The van der Waals surface area contributed by atoms with Crippen LogP contribution < -0.4 is 5.32 Å². The lowest BCUT2D eigenvalue weighted by atomic mass is 10.2. The largest absolute Gasteiger partial charge is 0.381 e. The Labute approximate surface area is 115 Å². The van der Waals surface area contributed by atoms with Crippen molar-refractivity contribution in [3.8, 4) is 0 Å². The standard InChI is InChI=1S/C13H17BrFNO2/c1-2-7-18-8-3-6-16-13(17)11-5-4-10(15)9-12(11)14/h4-5,9H,2-3,6-8H2,1H3,(H,16,17). The maximum absolute atomic E-state index is 12.9. The molecule has 1 aromatic carbocycles. The van der Waals surface area contributed by atoms with Crippen molar-refractivity contribution in [2.75, 3.05) is 19.8 Å². The summed E-state index contributed by atoms with van der Waals surface area (Å²) in [4.78, 5) is 11.8. The number of ether oxygens (including phenoxy) is 1. The van der Waals surface area contributed by atoms with Crippen LogP contribution in [-0.2, 0) is 4.74 Å². The molecule has 5 heteroatoms. The third-order valence-corrected chi connectivity index (χ3v) is 2.93. The minimum Gasteiger partial charge on any atom is -0.381 e. The molecule has 3 nitrogen and oxygen atoms in total. The first kappa shape index (κ1) is 15.1. The van der Waals surface area contributed by atoms with Gasteiger partial charge < -0.3 is 10.1 Å². The van der Waals surface area contributed by atoms with Crippen LogP contribution in [-0.4, -0.2) is 25.7 Å². The molecule has 100 valence electrons. The Kier molecular flexibility index (Phi) is 6.90. The maximum Gasteiger partial charge on any atom is 0.252 e. The van der Waals surface area contributed by atoms with Crippen LogP contribution in [0.2, 0.25) is 0 Å². The van der Waals surface area contributed by atoms with Gasteiger partial charge in [0.2, 0.25) is 0 Å². The lowest BCUT2D eigenvalue weighted by Crippen LogP contribution is -2.25. The van der Waals surface area contributed by atoms with E-state index in [0.717, 1.165) is 19.4 Å². The zero-order chi connectivity index (χ0) is 13.4. The summed E-state index contributed by atoms with van der Waals surface area (Å²) in [7, 11) is 0. The Bertz CT molecular complexity index is 399. The van der Waals surface area contributed by atoms with E-state index in [1.807, 2.05) is 6.92 Å². The van der Waals surface area contributed by atoms with Crippen molar-refractivity contribution in [2.24, 2.45) is 0 Å². The van der Waals surface area contributed by atoms with E-state index in [0.29, 0.717) is 23.2 Å². The van der Waals surface area contributed by atoms with Gasteiger partial charge in [-0.1, -0.05) is 6.92 Å². The average Bonchev–Trinajstić information content (AvgIpc) is 2.33. The number of carbonyl (C=O) groups is 1. The number of nitrogens with one attached hydrogen (secondary N) is 1. The first-order valence-electron chi connectivity index (χ1n) is 5.96. The number of halogens is 2. The number of carbonyl (C=O) groups excluding carboxylic acids is 1. The van der Waals surface area contributed by atoms with Crippen LogP contribution in [0.3, 0.4) is 0 Å². The van der Waals surface area contributed by atoms with Gasteiger partial charge >= 0.3 is 0 Å². The highest BCUT2D eigenvalue weighted by atomic mass is 79.9. The van der Waals surface area contributed by atoms with Gasteiger partial charge in [0.05, 0.1) is 5.56 Å². The molecule has 0 bridgehead atoms. The van der Waals surface area contributed by atoms with Gasteiger partial charge in [0.1, 0.15) is 5.82 Å². The maximum atomic E-state index is 12.9. The van der Waals surface area contributed by atoms with Crippen LogP contribution in [0, 0.1) is 5.82 Å². The molecule has 18 heavy (non-hydrogen) atoms. The summed E-state index contributed by atoms with van der Waals surface area (Å²) in [5, 5.41) is 2.76. The third kappa shape index (κ3) is 5.14. The van der Waals surface area contributed by atoms with Crippen molar-refractivity contribution in [3.63, 3.8) is 0 Å². The first-order valence-corrected chi connectivity index (χ1v) is 6.75. The zero-order valence-electron chi connectivity index (χ0n) is 10.3. The molecule has 0 unspecified atom stereocenters. The van der Waals surface area contributed by atoms with Crippen LogP contribution in [0.5, 0.6) is 0 Å². The molecule has 0 saturated carbocycles. The first-order chi connectivity index (χ1) is 8.65. The van der Waals surface area contributed by atoms with Gasteiger partial charge in [0.25, 0.3) is 5.91 Å². The number of rotatable bonds is 7. The van der Waals surface area contributed by atoms with Gasteiger partial charge in [-0.3, -0.25) is 4.79 Å². The van der Waals surface area contributed by atoms with Crippen LogP contribution in [0.1, 0.15) is 30.1 Å². The smallest absolute Gasteiger partial charge is 0.252 e. The molecule has 1 aromatic rings. The molecule has 0 atom stereocenters. The molecule has 0 heterocycles. The van der Waals surface area contributed by atoms with E-state index in [9.17, 15) is 9.18 Å². The van der Waals surface area contributed by atoms with Gasteiger partial charge in [0, 0.05) is 24.2 Å². The van der Waals surface area contributed by atoms with E-state index in [1.54, 1.807) is 0 Å². The lowest BCUT2D eigenvalue weighted by Gasteiger charge is -2.07. The average molecular weight is 318 g/mol. The Morgan fingerprint density at radius 3 is 2.89 bits per heavy atom. The monoisotopic (exact) mass is 317 g/mol. The summed E-state index contributed by atoms with van der Waals surface area (Å²) >= 11 is 3.17. The molecular weight excluding hydrogens is 301 g/mol. The SMILES string of the molecule is CCCOCCCNC(=O)c1ccc(F)cc1Br. The van der Waals surface area contributed by atoms with E-state index < -0.39 is 0 Å². The van der Waals surface area contributed by atoms with Crippen molar-refractivity contribution >= 4 is 21.8 Å². The Morgan fingerprint density at radius 2 is 2.22 bits per heavy atom. The molecule has 1 N–H and O–H groups in total. The zero-order valence-corrected chi connectivity index (χ0v) is 11.9. The molecule has 1 amide bonds. The van der Waals surface area contributed by atoms with Crippen molar-refractivity contribution in [1.29, 1.82) is 0 Å². The minimum atomic E-state index is -0.369. The summed E-state index contributed by atoms with van der Waals surface area (Å²) in [5.74, 6) is -0.580. The van der Waals surface area contributed by atoms with Gasteiger partial charge in [-0.2, -0.15) is 0 Å². The Morgan fingerprint density at radius 1 is 1.44 bits per heavy atom. The molecule has 0 aromatic heterocycles. The van der Waals surface area contributed by atoms with Gasteiger partial charge in [-0.25, -0.2) is 4.39 Å². The number of hydrogen-bond donors (Lipinski definition) is 1. The molecule has 0 aliphatic carbocycles. The lowest BCUT2D eigenvalue weighted by molar-refractivity contribution is 0.0940. The molecule has 0 saturated heterocycles. The van der Waals surface area contributed by atoms with E-state index in [4.69, 9.17) is 4.74 Å². The predicted octanol–water partition coefficient (Wildman–Crippen LogP) is 3.13. The summed E-state index contributed by atoms with van der Waals surface area (Å²) in [6.45, 7) is 3.98. The van der Waals surface area contributed by atoms with E-state index in [-0.39, 0.29) is 11.7 Å². The highest BCUT2D eigenvalue weighted by Gasteiger charge is 2.09.